The summed E-state index contributed by atoms with van der Waals surface area (Å²) in [6.07, 6.45) is 9.28. The van der Waals surface area contributed by atoms with Gasteiger partial charge in [-0.25, -0.2) is 0 Å². The Bertz CT molecular complexity index is 381. The minimum absolute atomic E-state index is 0.746. The summed E-state index contributed by atoms with van der Waals surface area (Å²) >= 11 is 3.51. The van der Waals surface area contributed by atoms with Crippen molar-refractivity contribution in [3.8, 4) is 0 Å². The number of benzene rings is 1. The van der Waals surface area contributed by atoms with Crippen LogP contribution in [-0.4, -0.2) is 12.1 Å². The zero-order valence-electron chi connectivity index (χ0n) is 12.9. The Hall–Kier alpha value is -0.340. The molecule has 1 atom stereocenters. The Morgan fingerprint density at radius 1 is 1.10 bits per heavy atom. The van der Waals surface area contributed by atoms with E-state index in [4.69, 9.17) is 0 Å². The van der Waals surface area contributed by atoms with Crippen molar-refractivity contribution in [1.29, 1.82) is 0 Å². The molecule has 112 valence electrons. The standard InChI is InChI=1S/C18H28BrN/c1-3-5-7-17(6-4-2)20-18-12-15(13-18)14-8-10-16(19)11-9-14/h8-11,15,17-18,20H,3-7,12-13H2,1-2H3. The summed E-state index contributed by atoms with van der Waals surface area (Å²) in [4.78, 5) is 0. The van der Waals surface area contributed by atoms with Crippen molar-refractivity contribution in [2.75, 3.05) is 0 Å². The smallest absolute Gasteiger partial charge is 0.0175 e. The summed E-state index contributed by atoms with van der Waals surface area (Å²) in [5, 5.41) is 3.89. The van der Waals surface area contributed by atoms with Crippen LogP contribution in [0.25, 0.3) is 0 Å². The Balaban J connectivity index is 1.75. The van der Waals surface area contributed by atoms with Gasteiger partial charge in [0, 0.05) is 16.6 Å². The maximum Gasteiger partial charge on any atom is 0.0175 e. The number of halogens is 1. The van der Waals surface area contributed by atoms with Crippen molar-refractivity contribution < 1.29 is 0 Å². The van der Waals surface area contributed by atoms with Gasteiger partial charge < -0.3 is 5.32 Å². The van der Waals surface area contributed by atoms with Crippen LogP contribution in [0.4, 0.5) is 0 Å². The van der Waals surface area contributed by atoms with Crippen LogP contribution in [0.3, 0.4) is 0 Å². The van der Waals surface area contributed by atoms with E-state index in [1.54, 1.807) is 0 Å². The molecular weight excluding hydrogens is 310 g/mol. The molecule has 20 heavy (non-hydrogen) atoms. The lowest BCUT2D eigenvalue weighted by Gasteiger charge is -2.39. The first-order chi connectivity index (χ1) is 9.72. The lowest BCUT2D eigenvalue weighted by Crippen LogP contribution is -2.45. The average Bonchev–Trinajstić information content (AvgIpc) is 2.41. The fraction of sp³-hybridized carbons (Fsp3) is 0.667. The van der Waals surface area contributed by atoms with Crippen molar-refractivity contribution >= 4 is 15.9 Å². The minimum Gasteiger partial charge on any atom is -0.311 e. The second-order valence-electron chi connectivity index (χ2n) is 6.21. The molecule has 0 bridgehead atoms. The van der Waals surface area contributed by atoms with E-state index in [1.165, 1.54) is 55.0 Å². The highest BCUT2D eigenvalue weighted by atomic mass is 79.9. The molecule has 1 fully saturated rings. The van der Waals surface area contributed by atoms with Crippen molar-refractivity contribution in [2.45, 2.75) is 76.8 Å². The molecule has 1 aliphatic carbocycles. The van der Waals surface area contributed by atoms with E-state index in [2.05, 4.69) is 59.4 Å². The van der Waals surface area contributed by atoms with Crippen molar-refractivity contribution in [1.82, 2.24) is 5.32 Å². The second kappa shape index (κ2) is 8.19. The summed E-state index contributed by atoms with van der Waals surface area (Å²) in [5.41, 5.74) is 1.51. The molecule has 1 aliphatic rings. The van der Waals surface area contributed by atoms with Gasteiger partial charge in [-0.05, 0) is 49.3 Å². The predicted octanol–water partition coefficient (Wildman–Crippen LogP) is 5.64. The number of rotatable bonds is 8. The molecule has 0 heterocycles. The molecule has 2 heteroatoms. The van der Waals surface area contributed by atoms with Crippen molar-refractivity contribution in [3.63, 3.8) is 0 Å². The molecule has 0 amide bonds. The maximum absolute atomic E-state index is 3.89. The van der Waals surface area contributed by atoms with Gasteiger partial charge in [0.15, 0.2) is 0 Å². The Labute approximate surface area is 132 Å². The molecule has 0 spiro atoms. The van der Waals surface area contributed by atoms with E-state index < -0.39 is 0 Å². The van der Waals surface area contributed by atoms with E-state index in [-0.39, 0.29) is 0 Å². The third-order valence-electron chi connectivity index (χ3n) is 4.49. The van der Waals surface area contributed by atoms with Gasteiger partial charge in [0.25, 0.3) is 0 Å². The zero-order valence-corrected chi connectivity index (χ0v) is 14.5. The number of hydrogen-bond acceptors (Lipinski definition) is 1. The maximum atomic E-state index is 3.89. The third kappa shape index (κ3) is 4.60. The Kier molecular flexibility index (Phi) is 6.57. The van der Waals surface area contributed by atoms with E-state index >= 15 is 0 Å². The topological polar surface area (TPSA) is 12.0 Å². The molecule has 0 aliphatic heterocycles. The zero-order chi connectivity index (χ0) is 14.4. The first kappa shape index (κ1) is 16.0. The molecule has 1 N–H and O–H groups in total. The highest BCUT2D eigenvalue weighted by Gasteiger charge is 2.31. The Morgan fingerprint density at radius 3 is 2.40 bits per heavy atom. The largest absolute Gasteiger partial charge is 0.311 e. The fourth-order valence-corrected chi connectivity index (χ4v) is 3.47. The monoisotopic (exact) mass is 337 g/mol. The van der Waals surface area contributed by atoms with E-state index in [0.717, 1.165) is 18.0 Å². The summed E-state index contributed by atoms with van der Waals surface area (Å²) in [5.74, 6) is 0.772. The highest BCUT2D eigenvalue weighted by Crippen LogP contribution is 2.37. The first-order valence-electron chi connectivity index (χ1n) is 8.24. The molecule has 1 nitrogen and oxygen atoms in total. The number of unbranched alkanes of at least 4 members (excludes halogenated alkanes) is 1. The molecular formula is C18H28BrN. The fourth-order valence-electron chi connectivity index (χ4n) is 3.20. The van der Waals surface area contributed by atoms with Crippen molar-refractivity contribution in [2.24, 2.45) is 0 Å². The van der Waals surface area contributed by atoms with Crippen LogP contribution >= 0.6 is 15.9 Å². The van der Waals surface area contributed by atoms with Gasteiger partial charge in [-0.2, -0.15) is 0 Å². The van der Waals surface area contributed by atoms with Crippen molar-refractivity contribution in [3.05, 3.63) is 34.3 Å². The van der Waals surface area contributed by atoms with E-state index in [0.29, 0.717) is 0 Å². The molecule has 0 aromatic heterocycles. The van der Waals surface area contributed by atoms with Crippen LogP contribution in [0.1, 0.15) is 70.3 Å². The second-order valence-corrected chi connectivity index (χ2v) is 7.13. The van der Waals surface area contributed by atoms with Gasteiger partial charge in [-0.1, -0.05) is 61.2 Å². The van der Waals surface area contributed by atoms with E-state index in [1.807, 2.05) is 0 Å². The van der Waals surface area contributed by atoms with Gasteiger partial charge in [-0.15, -0.1) is 0 Å². The highest BCUT2D eigenvalue weighted by molar-refractivity contribution is 9.10. The SMILES string of the molecule is CCCCC(CCC)NC1CC(c2ccc(Br)cc2)C1. The molecule has 1 aromatic carbocycles. The van der Waals surface area contributed by atoms with Gasteiger partial charge in [0.1, 0.15) is 0 Å². The van der Waals surface area contributed by atoms with Crippen LogP contribution in [0.15, 0.2) is 28.7 Å². The number of hydrogen-bond donors (Lipinski definition) is 1. The Morgan fingerprint density at radius 2 is 1.80 bits per heavy atom. The molecule has 2 rings (SSSR count). The lowest BCUT2D eigenvalue weighted by atomic mass is 9.75. The molecule has 1 aromatic rings. The van der Waals surface area contributed by atoms with Crippen LogP contribution in [0.2, 0.25) is 0 Å². The third-order valence-corrected chi connectivity index (χ3v) is 5.02. The van der Waals surface area contributed by atoms with Crippen LogP contribution in [-0.2, 0) is 0 Å². The van der Waals surface area contributed by atoms with Crippen LogP contribution < -0.4 is 5.32 Å². The van der Waals surface area contributed by atoms with Gasteiger partial charge in [0.05, 0.1) is 0 Å². The summed E-state index contributed by atoms with van der Waals surface area (Å²) in [7, 11) is 0. The van der Waals surface area contributed by atoms with Gasteiger partial charge >= 0.3 is 0 Å². The van der Waals surface area contributed by atoms with Crippen LogP contribution in [0, 0.1) is 0 Å². The minimum atomic E-state index is 0.746. The average molecular weight is 338 g/mol. The van der Waals surface area contributed by atoms with Crippen LogP contribution in [0.5, 0.6) is 0 Å². The summed E-state index contributed by atoms with van der Waals surface area (Å²) in [6, 6.07) is 10.4. The first-order valence-corrected chi connectivity index (χ1v) is 9.03. The molecule has 0 saturated heterocycles. The van der Waals surface area contributed by atoms with E-state index in [9.17, 15) is 0 Å². The number of nitrogens with one attached hydrogen (secondary N) is 1. The lowest BCUT2D eigenvalue weighted by molar-refractivity contribution is 0.251. The summed E-state index contributed by atoms with van der Waals surface area (Å²) < 4.78 is 1.18. The van der Waals surface area contributed by atoms with Gasteiger partial charge in [-0.3, -0.25) is 0 Å². The van der Waals surface area contributed by atoms with Gasteiger partial charge in [0.2, 0.25) is 0 Å². The molecule has 1 saturated carbocycles. The normalized spacial score (nSPS) is 23.4. The predicted molar refractivity (Wildman–Crippen MR) is 91.3 cm³/mol. The molecule has 1 unspecified atom stereocenters. The quantitative estimate of drug-likeness (QED) is 0.646. The summed E-state index contributed by atoms with van der Waals surface area (Å²) in [6.45, 7) is 4.59. The molecule has 0 radical (unpaired) electrons.